The van der Waals surface area contributed by atoms with Gasteiger partial charge >= 0.3 is 0 Å². The lowest BCUT2D eigenvalue weighted by Gasteiger charge is -2.09. The SMILES string of the molecule is CSc1nc(Nc2ccccc2)c2cnn(CCc3ccccc3)c2n1. The van der Waals surface area contributed by atoms with Crippen molar-refractivity contribution in [3.63, 3.8) is 0 Å². The zero-order valence-corrected chi connectivity index (χ0v) is 15.3. The van der Waals surface area contributed by atoms with E-state index in [1.807, 2.05) is 53.5 Å². The van der Waals surface area contributed by atoms with E-state index < -0.39 is 0 Å². The minimum absolute atomic E-state index is 0.734. The molecule has 1 N–H and O–H groups in total. The van der Waals surface area contributed by atoms with E-state index in [9.17, 15) is 0 Å². The summed E-state index contributed by atoms with van der Waals surface area (Å²) in [4.78, 5) is 9.31. The second-order valence-electron chi connectivity index (χ2n) is 5.89. The van der Waals surface area contributed by atoms with Crippen LogP contribution in [0.1, 0.15) is 5.56 Å². The number of rotatable bonds is 6. The number of aromatic nitrogens is 4. The molecule has 6 heteroatoms. The lowest BCUT2D eigenvalue weighted by atomic mass is 10.1. The molecule has 0 spiro atoms. The van der Waals surface area contributed by atoms with Crippen molar-refractivity contribution in [2.24, 2.45) is 0 Å². The quantitative estimate of drug-likeness (QED) is 0.404. The van der Waals surface area contributed by atoms with Crippen LogP contribution in [0.15, 0.2) is 72.0 Å². The van der Waals surface area contributed by atoms with Crippen molar-refractivity contribution in [3.05, 3.63) is 72.4 Å². The van der Waals surface area contributed by atoms with Gasteiger partial charge in [-0.25, -0.2) is 14.6 Å². The van der Waals surface area contributed by atoms with Crippen molar-refractivity contribution in [2.75, 3.05) is 11.6 Å². The fourth-order valence-electron chi connectivity index (χ4n) is 2.82. The number of hydrogen-bond donors (Lipinski definition) is 1. The number of fused-ring (bicyclic) bond motifs is 1. The molecule has 2 aromatic heterocycles. The van der Waals surface area contributed by atoms with Gasteiger partial charge in [0.25, 0.3) is 0 Å². The van der Waals surface area contributed by atoms with Crippen LogP contribution in [0.5, 0.6) is 0 Å². The molecule has 0 unspecified atom stereocenters. The Hall–Kier alpha value is -2.86. The van der Waals surface area contributed by atoms with Crippen LogP contribution in [-0.2, 0) is 13.0 Å². The lowest BCUT2D eigenvalue weighted by molar-refractivity contribution is 0.627. The number of anilines is 2. The largest absolute Gasteiger partial charge is 0.339 e. The second-order valence-corrected chi connectivity index (χ2v) is 6.66. The molecule has 4 rings (SSSR count). The summed E-state index contributed by atoms with van der Waals surface area (Å²) in [6.07, 6.45) is 4.74. The van der Waals surface area contributed by atoms with Crippen molar-refractivity contribution >= 4 is 34.3 Å². The van der Waals surface area contributed by atoms with Gasteiger partial charge in [0.05, 0.1) is 11.6 Å². The fourth-order valence-corrected chi connectivity index (χ4v) is 3.18. The predicted octanol–water partition coefficient (Wildman–Crippen LogP) is 4.53. The van der Waals surface area contributed by atoms with Crippen molar-refractivity contribution in [3.8, 4) is 0 Å². The third kappa shape index (κ3) is 3.55. The Morgan fingerprint density at radius 1 is 0.962 bits per heavy atom. The number of thioether (sulfide) groups is 1. The second kappa shape index (κ2) is 7.58. The van der Waals surface area contributed by atoms with Gasteiger partial charge in [0.15, 0.2) is 10.8 Å². The molecule has 4 aromatic rings. The van der Waals surface area contributed by atoms with Gasteiger partial charge in [0, 0.05) is 12.2 Å². The number of benzene rings is 2. The molecule has 0 aliphatic carbocycles. The van der Waals surface area contributed by atoms with E-state index in [4.69, 9.17) is 0 Å². The van der Waals surface area contributed by atoms with Gasteiger partial charge in [0.2, 0.25) is 0 Å². The van der Waals surface area contributed by atoms with E-state index in [1.165, 1.54) is 17.3 Å². The van der Waals surface area contributed by atoms with Crippen LogP contribution < -0.4 is 5.32 Å². The van der Waals surface area contributed by atoms with Crippen molar-refractivity contribution < 1.29 is 0 Å². The van der Waals surface area contributed by atoms with Gasteiger partial charge in [0.1, 0.15) is 5.82 Å². The number of para-hydroxylation sites is 1. The molecule has 26 heavy (non-hydrogen) atoms. The molecule has 0 atom stereocenters. The van der Waals surface area contributed by atoms with Gasteiger partial charge in [-0.15, -0.1) is 0 Å². The molecule has 0 bridgehead atoms. The first kappa shape index (κ1) is 16.6. The third-order valence-electron chi connectivity index (χ3n) is 4.15. The van der Waals surface area contributed by atoms with Gasteiger partial charge < -0.3 is 5.32 Å². The molecule has 0 aliphatic rings. The molecule has 130 valence electrons. The van der Waals surface area contributed by atoms with Crippen molar-refractivity contribution in [1.29, 1.82) is 0 Å². The minimum atomic E-state index is 0.734. The van der Waals surface area contributed by atoms with Crippen molar-refractivity contribution in [2.45, 2.75) is 18.1 Å². The highest BCUT2D eigenvalue weighted by Crippen LogP contribution is 2.26. The summed E-state index contributed by atoms with van der Waals surface area (Å²) in [5.74, 6) is 0.788. The minimum Gasteiger partial charge on any atom is -0.339 e. The van der Waals surface area contributed by atoms with E-state index in [0.29, 0.717) is 0 Å². The van der Waals surface area contributed by atoms with E-state index in [0.717, 1.165) is 40.7 Å². The molecule has 2 heterocycles. The molecule has 0 fully saturated rings. The number of nitrogens with zero attached hydrogens (tertiary/aromatic N) is 4. The number of nitrogens with one attached hydrogen (secondary N) is 1. The Morgan fingerprint density at radius 2 is 1.69 bits per heavy atom. The lowest BCUT2D eigenvalue weighted by Crippen LogP contribution is -2.05. The maximum Gasteiger partial charge on any atom is 0.191 e. The van der Waals surface area contributed by atoms with E-state index in [2.05, 4.69) is 44.6 Å². The van der Waals surface area contributed by atoms with Crippen LogP contribution >= 0.6 is 11.8 Å². The van der Waals surface area contributed by atoms with Crippen LogP contribution in [-0.4, -0.2) is 26.0 Å². The molecule has 0 aliphatic heterocycles. The first-order valence-corrected chi connectivity index (χ1v) is 9.69. The molecular formula is C20H19N5S. The average molecular weight is 361 g/mol. The Bertz CT molecular complexity index is 999. The molecular weight excluding hydrogens is 342 g/mol. The van der Waals surface area contributed by atoms with Gasteiger partial charge in [-0.1, -0.05) is 60.3 Å². The monoisotopic (exact) mass is 361 g/mol. The standard InChI is InChI=1S/C20H19N5S/c1-26-20-23-18(22-16-10-6-3-7-11-16)17-14-21-25(19(17)24-20)13-12-15-8-4-2-5-9-15/h2-11,14H,12-13H2,1H3,(H,22,23,24). The highest BCUT2D eigenvalue weighted by Gasteiger charge is 2.13. The van der Waals surface area contributed by atoms with Gasteiger partial charge in [-0.2, -0.15) is 5.10 Å². The van der Waals surface area contributed by atoms with E-state index in [-0.39, 0.29) is 0 Å². The first-order valence-electron chi connectivity index (χ1n) is 8.47. The Labute approximate surface area is 156 Å². The molecule has 5 nitrogen and oxygen atoms in total. The van der Waals surface area contributed by atoms with Gasteiger partial charge in [-0.3, -0.25) is 0 Å². The zero-order valence-electron chi connectivity index (χ0n) is 14.5. The highest BCUT2D eigenvalue weighted by atomic mass is 32.2. The average Bonchev–Trinajstić information content (AvgIpc) is 3.11. The summed E-state index contributed by atoms with van der Waals surface area (Å²) in [5.41, 5.74) is 3.15. The molecule has 0 saturated heterocycles. The van der Waals surface area contributed by atoms with Crippen LogP contribution in [0, 0.1) is 0 Å². The summed E-state index contributed by atoms with van der Waals surface area (Å²) in [5, 5.41) is 9.61. The molecule has 2 aromatic carbocycles. The summed E-state index contributed by atoms with van der Waals surface area (Å²) in [6, 6.07) is 20.5. The summed E-state index contributed by atoms with van der Waals surface area (Å²) in [7, 11) is 0. The van der Waals surface area contributed by atoms with E-state index >= 15 is 0 Å². The van der Waals surface area contributed by atoms with E-state index in [1.54, 1.807) is 0 Å². The van der Waals surface area contributed by atoms with Crippen LogP contribution in [0.3, 0.4) is 0 Å². The number of aryl methyl sites for hydroxylation is 2. The van der Waals surface area contributed by atoms with Crippen LogP contribution in [0.25, 0.3) is 11.0 Å². The molecule has 0 radical (unpaired) electrons. The fraction of sp³-hybridized carbons (Fsp3) is 0.150. The van der Waals surface area contributed by atoms with Gasteiger partial charge in [-0.05, 0) is 30.4 Å². The summed E-state index contributed by atoms with van der Waals surface area (Å²) in [6.45, 7) is 0.781. The maximum atomic E-state index is 4.68. The summed E-state index contributed by atoms with van der Waals surface area (Å²) < 4.78 is 1.96. The molecule has 0 saturated carbocycles. The number of hydrogen-bond acceptors (Lipinski definition) is 5. The Kier molecular flexibility index (Phi) is 4.84. The first-order chi connectivity index (χ1) is 12.8. The Morgan fingerprint density at radius 3 is 2.42 bits per heavy atom. The van der Waals surface area contributed by atoms with Crippen LogP contribution in [0.2, 0.25) is 0 Å². The summed E-state index contributed by atoms with van der Waals surface area (Å²) >= 11 is 1.53. The topological polar surface area (TPSA) is 55.6 Å². The molecule has 0 amide bonds. The smallest absolute Gasteiger partial charge is 0.191 e. The Balaban J connectivity index is 1.66. The predicted molar refractivity (Wildman–Crippen MR) is 107 cm³/mol. The third-order valence-corrected chi connectivity index (χ3v) is 4.70. The zero-order chi connectivity index (χ0) is 17.8. The van der Waals surface area contributed by atoms with Crippen molar-refractivity contribution in [1.82, 2.24) is 19.7 Å². The van der Waals surface area contributed by atoms with Crippen LogP contribution in [0.4, 0.5) is 11.5 Å². The highest BCUT2D eigenvalue weighted by molar-refractivity contribution is 7.98. The normalized spacial score (nSPS) is 11.0. The maximum absolute atomic E-state index is 4.68.